The standard InChI is InChI=1S/C13H16ClN3OS/c1-9-7-19-8-10(9)13(18)12-11(14)6-15-17(12)5-4-16(2)3/h6-8H,4-5H2,1-3H3. The van der Waals surface area contributed by atoms with Crippen molar-refractivity contribution >= 4 is 28.7 Å². The summed E-state index contributed by atoms with van der Waals surface area (Å²) in [6.07, 6.45) is 1.53. The minimum atomic E-state index is -0.0555. The van der Waals surface area contributed by atoms with E-state index >= 15 is 0 Å². The average molecular weight is 298 g/mol. The lowest BCUT2D eigenvalue weighted by atomic mass is 10.1. The van der Waals surface area contributed by atoms with Crippen LogP contribution in [0.2, 0.25) is 5.02 Å². The van der Waals surface area contributed by atoms with Crippen LogP contribution in [-0.4, -0.2) is 41.1 Å². The second kappa shape index (κ2) is 5.86. The van der Waals surface area contributed by atoms with E-state index in [4.69, 9.17) is 11.6 Å². The lowest BCUT2D eigenvalue weighted by Gasteiger charge is -2.11. The molecule has 0 saturated carbocycles. The molecular weight excluding hydrogens is 282 g/mol. The van der Waals surface area contributed by atoms with Gasteiger partial charge in [0.05, 0.1) is 17.8 Å². The average Bonchev–Trinajstić information content (AvgIpc) is 2.92. The fourth-order valence-electron chi connectivity index (χ4n) is 1.77. The van der Waals surface area contributed by atoms with Crippen LogP contribution in [0.5, 0.6) is 0 Å². The Labute approximate surface area is 121 Å². The van der Waals surface area contributed by atoms with Crippen molar-refractivity contribution in [2.75, 3.05) is 20.6 Å². The number of aryl methyl sites for hydroxylation is 1. The van der Waals surface area contributed by atoms with Crippen molar-refractivity contribution < 1.29 is 4.79 Å². The van der Waals surface area contributed by atoms with Crippen molar-refractivity contribution in [3.05, 3.63) is 38.8 Å². The summed E-state index contributed by atoms with van der Waals surface area (Å²) in [5, 5.41) is 8.42. The highest BCUT2D eigenvalue weighted by Gasteiger charge is 2.21. The lowest BCUT2D eigenvalue weighted by Crippen LogP contribution is -2.21. The van der Waals surface area contributed by atoms with Gasteiger partial charge in [-0.25, -0.2) is 0 Å². The molecule has 0 aliphatic rings. The van der Waals surface area contributed by atoms with Gasteiger partial charge in [-0.3, -0.25) is 9.48 Å². The van der Waals surface area contributed by atoms with Crippen LogP contribution in [0, 0.1) is 6.92 Å². The minimum Gasteiger partial charge on any atom is -0.308 e. The summed E-state index contributed by atoms with van der Waals surface area (Å²) in [4.78, 5) is 14.6. The second-order valence-corrected chi connectivity index (χ2v) is 5.82. The number of carbonyl (C=O) groups is 1. The smallest absolute Gasteiger partial charge is 0.213 e. The summed E-state index contributed by atoms with van der Waals surface area (Å²) >= 11 is 7.63. The first kappa shape index (κ1) is 14.2. The van der Waals surface area contributed by atoms with Gasteiger partial charge in [-0.1, -0.05) is 11.6 Å². The van der Waals surface area contributed by atoms with Gasteiger partial charge in [-0.2, -0.15) is 16.4 Å². The highest BCUT2D eigenvalue weighted by Crippen LogP contribution is 2.23. The van der Waals surface area contributed by atoms with Gasteiger partial charge in [-0.15, -0.1) is 0 Å². The van der Waals surface area contributed by atoms with Crippen LogP contribution >= 0.6 is 22.9 Å². The number of nitrogens with zero attached hydrogens (tertiary/aromatic N) is 3. The highest BCUT2D eigenvalue weighted by atomic mass is 35.5. The van der Waals surface area contributed by atoms with Crippen molar-refractivity contribution in [1.29, 1.82) is 0 Å². The molecule has 0 radical (unpaired) electrons. The quantitative estimate of drug-likeness (QED) is 0.797. The lowest BCUT2D eigenvalue weighted by molar-refractivity contribution is 0.102. The molecule has 0 aliphatic carbocycles. The first-order valence-corrected chi connectivity index (χ1v) is 7.26. The number of ketones is 1. The Morgan fingerprint density at radius 3 is 2.79 bits per heavy atom. The van der Waals surface area contributed by atoms with E-state index < -0.39 is 0 Å². The zero-order chi connectivity index (χ0) is 14.0. The van der Waals surface area contributed by atoms with Gasteiger partial charge in [0.1, 0.15) is 5.69 Å². The molecule has 0 atom stereocenters. The molecule has 0 aliphatic heterocycles. The molecule has 19 heavy (non-hydrogen) atoms. The Morgan fingerprint density at radius 1 is 1.47 bits per heavy atom. The number of likely N-dealkylation sites (N-methyl/N-ethyl adjacent to an activating group) is 1. The van der Waals surface area contributed by atoms with Gasteiger partial charge >= 0.3 is 0 Å². The fourth-order valence-corrected chi connectivity index (χ4v) is 2.83. The van der Waals surface area contributed by atoms with Crippen molar-refractivity contribution in [1.82, 2.24) is 14.7 Å². The topological polar surface area (TPSA) is 38.1 Å². The molecule has 0 N–H and O–H groups in total. The van der Waals surface area contributed by atoms with E-state index in [0.29, 0.717) is 22.8 Å². The molecular formula is C13H16ClN3OS. The number of carbonyl (C=O) groups excluding carboxylic acids is 1. The summed E-state index contributed by atoms with van der Waals surface area (Å²) in [6, 6.07) is 0. The van der Waals surface area contributed by atoms with E-state index in [0.717, 1.165) is 12.1 Å². The Balaban J connectivity index is 2.31. The van der Waals surface area contributed by atoms with Crippen molar-refractivity contribution in [2.24, 2.45) is 0 Å². The number of hydrogen-bond donors (Lipinski definition) is 0. The van der Waals surface area contributed by atoms with Gasteiger partial charge in [-0.05, 0) is 32.0 Å². The van der Waals surface area contributed by atoms with Gasteiger partial charge < -0.3 is 4.90 Å². The van der Waals surface area contributed by atoms with Crippen LogP contribution in [0.1, 0.15) is 21.6 Å². The van der Waals surface area contributed by atoms with Crippen LogP contribution in [-0.2, 0) is 6.54 Å². The Morgan fingerprint density at radius 2 is 2.21 bits per heavy atom. The number of hydrogen-bond acceptors (Lipinski definition) is 4. The Kier molecular flexibility index (Phi) is 4.39. The summed E-state index contributed by atoms with van der Waals surface area (Å²) in [6.45, 7) is 3.38. The van der Waals surface area contributed by atoms with Gasteiger partial charge in [0.2, 0.25) is 5.78 Å². The van der Waals surface area contributed by atoms with E-state index in [2.05, 4.69) is 5.10 Å². The SMILES string of the molecule is Cc1cscc1C(=O)c1c(Cl)cnn1CCN(C)C. The normalized spacial score (nSPS) is 11.2. The molecule has 2 aromatic rings. The molecule has 2 heterocycles. The van der Waals surface area contributed by atoms with Crippen LogP contribution in [0.15, 0.2) is 17.0 Å². The third kappa shape index (κ3) is 3.05. The maximum Gasteiger partial charge on any atom is 0.213 e. The highest BCUT2D eigenvalue weighted by molar-refractivity contribution is 7.08. The summed E-state index contributed by atoms with van der Waals surface area (Å²) in [7, 11) is 3.96. The number of halogens is 1. The molecule has 0 fully saturated rings. The van der Waals surface area contributed by atoms with Gasteiger partial charge in [0, 0.05) is 17.5 Å². The Bertz CT molecular complexity index is 588. The van der Waals surface area contributed by atoms with Crippen LogP contribution in [0.3, 0.4) is 0 Å². The zero-order valence-electron chi connectivity index (χ0n) is 11.2. The monoisotopic (exact) mass is 297 g/mol. The summed E-state index contributed by atoms with van der Waals surface area (Å²) in [5.74, 6) is -0.0555. The zero-order valence-corrected chi connectivity index (χ0v) is 12.8. The van der Waals surface area contributed by atoms with E-state index in [1.165, 1.54) is 17.5 Å². The minimum absolute atomic E-state index is 0.0555. The molecule has 0 saturated heterocycles. The largest absolute Gasteiger partial charge is 0.308 e. The molecule has 102 valence electrons. The summed E-state index contributed by atoms with van der Waals surface area (Å²) < 4.78 is 1.68. The predicted molar refractivity (Wildman–Crippen MR) is 78.3 cm³/mol. The molecule has 0 amide bonds. The molecule has 4 nitrogen and oxygen atoms in total. The number of thiophene rings is 1. The molecule has 6 heteroatoms. The number of aromatic nitrogens is 2. The first-order chi connectivity index (χ1) is 9.00. The van der Waals surface area contributed by atoms with Crippen LogP contribution < -0.4 is 0 Å². The van der Waals surface area contributed by atoms with E-state index in [-0.39, 0.29) is 5.78 Å². The van der Waals surface area contributed by atoms with Gasteiger partial charge in [0.15, 0.2) is 0 Å². The van der Waals surface area contributed by atoms with E-state index in [9.17, 15) is 4.79 Å². The maximum atomic E-state index is 12.5. The van der Waals surface area contributed by atoms with Crippen molar-refractivity contribution in [3.63, 3.8) is 0 Å². The first-order valence-electron chi connectivity index (χ1n) is 5.94. The second-order valence-electron chi connectivity index (χ2n) is 4.67. The van der Waals surface area contributed by atoms with Crippen molar-refractivity contribution in [2.45, 2.75) is 13.5 Å². The molecule has 0 spiro atoms. The summed E-state index contributed by atoms with van der Waals surface area (Å²) in [5.41, 5.74) is 2.16. The Hall–Kier alpha value is -1.17. The van der Waals surface area contributed by atoms with E-state index in [1.54, 1.807) is 4.68 Å². The third-order valence-electron chi connectivity index (χ3n) is 2.87. The number of rotatable bonds is 5. The molecule has 2 rings (SSSR count). The van der Waals surface area contributed by atoms with Gasteiger partial charge in [0.25, 0.3) is 0 Å². The van der Waals surface area contributed by atoms with E-state index in [1.807, 2.05) is 36.7 Å². The molecule has 0 bridgehead atoms. The van der Waals surface area contributed by atoms with Crippen molar-refractivity contribution in [3.8, 4) is 0 Å². The molecule has 0 aromatic carbocycles. The fraction of sp³-hybridized carbons (Fsp3) is 0.385. The van der Waals surface area contributed by atoms with Crippen LogP contribution in [0.25, 0.3) is 0 Å². The molecule has 2 aromatic heterocycles. The maximum absolute atomic E-state index is 12.5. The predicted octanol–water partition coefficient (Wildman–Crippen LogP) is 2.70. The molecule has 0 unspecified atom stereocenters. The van der Waals surface area contributed by atoms with Crippen LogP contribution in [0.4, 0.5) is 0 Å². The third-order valence-corrected chi connectivity index (χ3v) is 4.01.